The minimum absolute atomic E-state index is 0.300. The summed E-state index contributed by atoms with van der Waals surface area (Å²) in [6.07, 6.45) is 2.31. The van der Waals surface area contributed by atoms with Crippen molar-refractivity contribution in [3.05, 3.63) is 10.1 Å². The zero-order chi connectivity index (χ0) is 10.1. The Morgan fingerprint density at radius 1 is 1.54 bits per heavy atom. The predicted molar refractivity (Wildman–Crippen MR) is 47.6 cm³/mol. The van der Waals surface area contributed by atoms with Crippen molar-refractivity contribution < 1.29 is 10.0 Å². The monoisotopic (exact) mass is 185 g/mol. The Kier molecular flexibility index (Phi) is 2.17. The summed E-state index contributed by atoms with van der Waals surface area (Å²) in [5, 5.41) is 26.8. The molecule has 0 spiro atoms. The van der Waals surface area contributed by atoms with E-state index in [0.717, 1.165) is 12.4 Å². The molecule has 0 unspecified atom stereocenters. The molecule has 0 amide bonds. The highest BCUT2D eigenvalue weighted by atomic mass is 16.6. The number of hydrogen-bond acceptors (Lipinski definition) is 5. The van der Waals surface area contributed by atoms with E-state index < -0.39 is 15.9 Å². The first-order valence-electron chi connectivity index (χ1n) is 3.80. The fourth-order valence-corrected chi connectivity index (χ4v) is 1.09. The summed E-state index contributed by atoms with van der Waals surface area (Å²) in [5.41, 5.74) is -2.37. The lowest BCUT2D eigenvalue weighted by Gasteiger charge is -2.29. The van der Waals surface area contributed by atoms with E-state index >= 15 is 0 Å². The average Bonchev–Trinajstić information content (AvgIpc) is 2.53. The molecule has 6 nitrogen and oxygen atoms in total. The van der Waals surface area contributed by atoms with Crippen LogP contribution in [0.1, 0.15) is 13.8 Å². The molecule has 0 aromatic carbocycles. The van der Waals surface area contributed by atoms with Crippen LogP contribution in [0, 0.1) is 15.5 Å². The maximum atomic E-state index is 10.8. The quantitative estimate of drug-likeness (QED) is 0.499. The minimum Gasteiger partial charge on any atom is -0.396 e. The van der Waals surface area contributed by atoms with Gasteiger partial charge in [-0.1, -0.05) is 0 Å². The first kappa shape index (κ1) is 9.79. The van der Waals surface area contributed by atoms with Gasteiger partial charge in [-0.2, -0.15) is 10.2 Å². The number of nitrogens with zero attached hydrogens (tertiary/aromatic N) is 3. The molecule has 1 heterocycles. The highest BCUT2D eigenvalue weighted by Gasteiger charge is 2.55. The van der Waals surface area contributed by atoms with E-state index in [1.807, 2.05) is 0 Å². The molecule has 0 radical (unpaired) electrons. The number of hydrogen-bond donors (Lipinski definition) is 1. The zero-order valence-electron chi connectivity index (χ0n) is 7.47. The molecule has 6 heteroatoms. The van der Waals surface area contributed by atoms with E-state index in [1.54, 1.807) is 13.8 Å². The van der Waals surface area contributed by atoms with Gasteiger partial charge in [-0.15, -0.1) is 0 Å². The van der Waals surface area contributed by atoms with E-state index in [4.69, 9.17) is 5.11 Å². The Morgan fingerprint density at radius 3 is 2.31 bits per heavy atom. The fraction of sp³-hybridized carbons (Fsp3) is 0.714. The third-order valence-corrected chi connectivity index (χ3v) is 2.36. The third-order valence-electron chi connectivity index (χ3n) is 2.36. The highest BCUT2D eigenvalue weighted by Crippen LogP contribution is 2.32. The van der Waals surface area contributed by atoms with E-state index in [1.165, 1.54) is 0 Å². The highest BCUT2D eigenvalue weighted by molar-refractivity contribution is 5.96. The van der Waals surface area contributed by atoms with Gasteiger partial charge in [0.25, 0.3) is 0 Å². The second-order valence-electron chi connectivity index (χ2n) is 3.61. The molecule has 72 valence electrons. The molecule has 1 rings (SSSR count). The van der Waals surface area contributed by atoms with Crippen molar-refractivity contribution in [2.24, 2.45) is 15.6 Å². The Hall–Kier alpha value is -1.30. The molecular weight excluding hydrogens is 174 g/mol. The SMILES string of the molecule is CC(C)(CO)C1([N+](=O)[O-])C=NN=C1. The van der Waals surface area contributed by atoms with Gasteiger partial charge in [-0.05, 0) is 13.8 Å². The topological polar surface area (TPSA) is 88.1 Å². The van der Waals surface area contributed by atoms with Gasteiger partial charge >= 0.3 is 5.54 Å². The summed E-state index contributed by atoms with van der Waals surface area (Å²) in [4.78, 5) is 10.4. The molecule has 1 aliphatic rings. The molecule has 0 saturated carbocycles. The summed E-state index contributed by atoms with van der Waals surface area (Å²) < 4.78 is 0. The normalized spacial score (nSPS) is 19.3. The van der Waals surface area contributed by atoms with Crippen molar-refractivity contribution in [1.29, 1.82) is 0 Å². The van der Waals surface area contributed by atoms with Crippen molar-refractivity contribution in [3.63, 3.8) is 0 Å². The van der Waals surface area contributed by atoms with Crippen LogP contribution in [0.3, 0.4) is 0 Å². The van der Waals surface area contributed by atoms with Crippen molar-refractivity contribution >= 4 is 12.4 Å². The van der Waals surface area contributed by atoms with Crippen molar-refractivity contribution in [2.75, 3.05) is 6.61 Å². The summed E-state index contributed by atoms with van der Waals surface area (Å²) in [7, 11) is 0. The molecule has 0 aromatic heterocycles. The van der Waals surface area contributed by atoms with Crippen LogP contribution in [0.4, 0.5) is 0 Å². The molecule has 13 heavy (non-hydrogen) atoms. The van der Waals surface area contributed by atoms with E-state index in [9.17, 15) is 10.1 Å². The molecule has 0 aromatic rings. The first-order chi connectivity index (χ1) is 5.96. The molecule has 0 fully saturated rings. The van der Waals surface area contributed by atoms with Gasteiger partial charge in [0.05, 0.1) is 12.0 Å². The maximum Gasteiger partial charge on any atom is 0.302 e. The Bertz CT molecular complexity index is 271. The number of aliphatic hydroxyl groups is 1. The number of aliphatic hydroxyl groups excluding tert-OH is 1. The Balaban J connectivity index is 3.14. The molecular formula is C7H11N3O3. The van der Waals surface area contributed by atoms with E-state index in [2.05, 4.69) is 10.2 Å². The molecule has 1 N–H and O–H groups in total. The minimum atomic E-state index is -1.47. The van der Waals surface area contributed by atoms with Crippen molar-refractivity contribution in [3.8, 4) is 0 Å². The van der Waals surface area contributed by atoms with Crippen LogP contribution in [0.25, 0.3) is 0 Å². The predicted octanol–water partition coefficient (Wildman–Crippen LogP) is 0.0906. The number of nitro groups is 1. The van der Waals surface area contributed by atoms with Crippen LogP contribution >= 0.6 is 0 Å². The average molecular weight is 185 g/mol. The molecule has 0 atom stereocenters. The summed E-state index contributed by atoms with van der Waals surface area (Å²) in [6.45, 7) is 2.89. The van der Waals surface area contributed by atoms with Gasteiger partial charge in [0, 0.05) is 4.92 Å². The second kappa shape index (κ2) is 2.88. The molecule has 0 aliphatic carbocycles. The fourth-order valence-electron chi connectivity index (χ4n) is 1.09. The Labute approximate surface area is 75.1 Å². The van der Waals surface area contributed by atoms with Gasteiger partial charge in [0.2, 0.25) is 0 Å². The van der Waals surface area contributed by atoms with Crippen LogP contribution in [0.15, 0.2) is 10.2 Å². The lowest BCUT2D eigenvalue weighted by molar-refractivity contribution is -0.542. The van der Waals surface area contributed by atoms with E-state index in [0.29, 0.717) is 0 Å². The van der Waals surface area contributed by atoms with Gasteiger partial charge in [0.15, 0.2) is 0 Å². The third kappa shape index (κ3) is 1.23. The van der Waals surface area contributed by atoms with Gasteiger partial charge in [0.1, 0.15) is 12.4 Å². The van der Waals surface area contributed by atoms with Gasteiger partial charge in [-0.3, -0.25) is 10.1 Å². The van der Waals surface area contributed by atoms with Crippen LogP contribution in [0.5, 0.6) is 0 Å². The van der Waals surface area contributed by atoms with Crippen LogP contribution in [-0.2, 0) is 0 Å². The van der Waals surface area contributed by atoms with E-state index in [-0.39, 0.29) is 6.61 Å². The lowest BCUT2D eigenvalue weighted by atomic mass is 9.75. The molecule has 1 aliphatic heterocycles. The first-order valence-corrected chi connectivity index (χ1v) is 3.80. The standard InChI is InChI=1S/C7H11N3O3/c1-6(2,5-11)7(10(12)13)3-8-9-4-7/h3-4,11H,5H2,1-2H3. The zero-order valence-corrected chi connectivity index (χ0v) is 7.47. The summed E-state index contributed by atoms with van der Waals surface area (Å²) in [6, 6.07) is 0. The Morgan fingerprint density at radius 2 is 2.00 bits per heavy atom. The summed E-state index contributed by atoms with van der Waals surface area (Å²) >= 11 is 0. The van der Waals surface area contributed by atoms with Crippen LogP contribution in [0.2, 0.25) is 0 Å². The van der Waals surface area contributed by atoms with Crippen molar-refractivity contribution in [2.45, 2.75) is 19.4 Å². The van der Waals surface area contributed by atoms with Crippen LogP contribution < -0.4 is 0 Å². The molecule has 0 saturated heterocycles. The lowest BCUT2D eigenvalue weighted by Crippen LogP contribution is -2.54. The van der Waals surface area contributed by atoms with Crippen molar-refractivity contribution in [1.82, 2.24) is 0 Å². The smallest absolute Gasteiger partial charge is 0.302 e. The van der Waals surface area contributed by atoms with Gasteiger partial charge < -0.3 is 5.11 Å². The van der Waals surface area contributed by atoms with Crippen LogP contribution in [-0.4, -0.2) is 34.6 Å². The maximum absolute atomic E-state index is 10.8. The largest absolute Gasteiger partial charge is 0.396 e. The summed E-state index contributed by atoms with van der Waals surface area (Å²) in [5.74, 6) is 0. The number of rotatable bonds is 3. The van der Waals surface area contributed by atoms with Gasteiger partial charge in [-0.25, -0.2) is 0 Å². The second-order valence-corrected chi connectivity index (χ2v) is 3.61. The molecule has 0 bridgehead atoms.